The van der Waals surface area contributed by atoms with Gasteiger partial charge in [-0.3, -0.25) is 0 Å². The number of carbonyl (C=O) groups excluding carboxylic acids is 2. The second-order valence-corrected chi connectivity index (χ2v) is 5.16. The molecule has 2 aromatic rings. The zero-order valence-electron chi connectivity index (χ0n) is 13.3. The van der Waals surface area contributed by atoms with Gasteiger partial charge in [-0.05, 0) is 28.8 Å². The van der Waals surface area contributed by atoms with E-state index in [0.29, 0.717) is 5.56 Å². The van der Waals surface area contributed by atoms with Crippen LogP contribution >= 0.6 is 0 Å². The monoisotopic (exact) mass is 348 g/mol. The van der Waals surface area contributed by atoms with Crippen molar-refractivity contribution < 1.29 is 27.5 Å². The zero-order valence-corrected chi connectivity index (χ0v) is 13.3. The predicted octanol–water partition coefficient (Wildman–Crippen LogP) is 4.43. The molecule has 0 saturated carbocycles. The minimum absolute atomic E-state index is 0.0865. The van der Waals surface area contributed by atoms with Gasteiger partial charge in [-0.25, -0.2) is 4.79 Å². The lowest BCUT2D eigenvalue weighted by Gasteiger charge is -2.17. The predicted molar refractivity (Wildman–Crippen MR) is 87.0 cm³/mol. The lowest BCUT2D eigenvalue weighted by Crippen LogP contribution is -2.15. The van der Waals surface area contributed by atoms with Gasteiger partial charge in [0.05, 0.1) is 12.7 Å². The van der Waals surface area contributed by atoms with Gasteiger partial charge >= 0.3 is 12.1 Å². The molecule has 6 heteroatoms. The first kappa shape index (κ1) is 18.4. The third-order valence-corrected chi connectivity index (χ3v) is 3.59. The quantitative estimate of drug-likeness (QED) is 0.593. The average molecular weight is 348 g/mol. The summed E-state index contributed by atoms with van der Waals surface area (Å²) in [6, 6.07) is 13.6. The van der Waals surface area contributed by atoms with Crippen molar-refractivity contribution >= 4 is 17.8 Å². The van der Waals surface area contributed by atoms with Crippen molar-refractivity contribution in [1.82, 2.24) is 0 Å². The Morgan fingerprint density at radius 1 is 0.960 bits per heavy atom. The van der Waals surface area contributed by atoms with Gasteiger partial charge in [0.25, 0.3) is 0 Å². The molecule has 0 spiro atoms. The number of halogens is 3. The number of esters is 1. The van der Waals surface area contributed by atoms with Crippen molar-refractivity contribution in [2.24, 2.45) is 0 Å². The van der Waals surface area contributed by atoms with E-state index in [0.717, 1.165) is 0 Å². The average Bonchev–Trinajstić information content (AvgIpc) is 2.61. The van der Waals surface area contributed by atoms with Gasteiger partial charge in [0, 0.05) is 12.0 Å². The molecule has 25 heavy (non-hydrogen) atoms. The van der Waals surface area contributed by atoms with Crippen LogP contribution in [0.15, 0.2) is 60.2 Å². The van der Waals surface area contributed by atoms with Gasteiger partial charge in [-0.15, -0.1) is 0 Å². The number of alkyl halides is 3. The van der Waals surface area contributed by atoms with Gasteiger partial charge in [0.15, 0.2) is 0 Å². The largest absolute Gasteiger partial charge is 0.465 e. The number of carbonyl (C=O) groups is 2. The Bertz CT molecular complexity index is 776. The summed E-state index contributed by atoms with van der Waals surface area (Å²) in [6.07, 6.45) is -5.19. The topological polar surface area (TPSA) is 43.4 Å². The van der Waals surface area contributed by atoms with E-state index in [2.05, 4.69) is 4.74 Å². The fourth-order valence-electron chi connectivity index (χ4n) is 2.45. The zero-order chi connectivity index (χ0) is 18.4. The lowest BCUT2D eigenvalue weighted by atomic mass is 9.91. The van der Waals surface area contributed by atoms with Crippen LogP contribution in [0.25, 0.3) is 5.57 Å². The Labute approximate surface area is 142 Å². The Hall–Kier alpha value is -2.89. The summed E-state index contributed by atoms with van der Waals surface area (Å²) in [7, 11) is 1.22. The van der Waals surface area contributed by atoms with Crippen molar-refractivity contribution in [3.8, 4) is 0 Å². The highest BCUT2D eigenvalue weighted by Crippen LogP contribution is 2.37. The molecule has 0 fully saturated rings. The van der Waals surface area contributed by atoms with E-state index in [-0.39, 0.29) is 23.0 Å². The van der Waals surface area contributed by atoms with E-state index in [1.165, 1.54) is 31.4 Å². The molecule has 0 N–H and O–H groups in total. The number of ether oxygens (including phenoxy) is 1. The number of benzene rings is 2. The Balaban J connectivity index is 2.67. The Kier molecular flexibility index (Phi) is 5.75. The first-order valence-corrected chi connectivity index (χ1v) is 7.36. The molecule has 0 bridgehead atoms. The van der Waals surface area contributed by atoms with Gasteiger partial charge in [0.2, 0.25) is 0 Å². The Morgan fingerprint density at radius 2 is 1.48 bits per heavy atom. The number of methoxy groups -OCH3 is 1. The van der Waals surface area contributed by atoms with E-state index in [1.807, 2.05) is 0 Å². The molecule has 0 aromatic heterocycles. The SMILES string of the molecule is COC(=O)c1ccc(/C(=C(/CC=O)C(F)(F)F)c2ccccc2)cc1. The molecule has 2 rings (SSSR count). The molecule has 0 aliphatic heterocycles. The van der Waals surface area contributed by atoms with Crippen LogP contribution in [0.3, 0.4) is 0 Å². The molecule has 0 aliphatic carbocycles. The van der Waals surface area contributed by atoms with Crippen molar-refractivity contribution in [3.63, 3.8) is 0 Å². The van der Waals surface area contributed by atoms with Crippen LogP contribution in [0.4, 0.5) is 13.2 Å². The van der Waals surface area contributed by atoms with Crippen LogP contribution in [0.1, 0.15) is 27.9 Å². The number of rotatable bonds is 5. The molecule has 0 atom stereocenters. The van der Waals surface area contributed by atoms with Crippen LogP contribution in [0.5, 0.6) is 0 Å². The number of hydrogen-bond acceptors (Lipinski definition) is 3. The summed E-state index contributed by atoms with van der Waals surface area (Å²) in [5.41, 5.74) is -0.200. The van der Waals surface area contributed by atoms with E-state index >= 15 is 0 Å². The second kappa shape index (κ2) is 7.79. The highest BCUT2D eigenvalue weighted by molar-refractivity contribution is 5.91. The molecule has 130 valence electrons. The summed E-state index contributed by atoms with van der Waals surface area (Å²) in [4.78, 5) is 22.3. The van der Waals surface area contributed by atoms with Crippen molar-refractivity contribution in [1.29, 1.82) is 0 Å². The molecular weight excluding hydrogens is 333 g/mol. The summed E-state index contributed by atoms with van der Waals surface area (Å²) in [6.45, 7) is 0. The number of allylic oxidation sites excluding steroid dienone is 1. The van der Waals surface area contributed by atoms with Gasteiger partial charge in [0.1, 0.15) is 6.29 Å². The molecule has 3 nitrogen and oxygen atoms in total. The number of hydrogen-bond donors (Lipinski definition) is 0. The highest BCUT2D eigenvalue weighted by atomic mass is 19.4. The third-order valence-electron chi connectivity index (χ3n) is 3.59. The molecule has 0 aliphatic rings. The van der Waals surface area contributed by atoms with Crippen LogP contribution in [-0.2, 0) is 9.53 Å². The van der Waals surface area contributed by atoms with Crippen LogP contribution in [0.2, 0.25) is 0 Å². The van der Waals surface area contributed by atoms with Gasteiger partial charge < -0.3 is 9.53 Å². The standard InChI is InChI=1S/C19H15F3O3/c1-25-18(24)15-9-7-14(8-10-15)17(13-5-3-2-4-6-13)16(11-12-23)19(20,21)22/h2-10,12H,11H2,1H3/b17-16-. The van der Waals surface area contributed by atoms with Gasteiger partial charge in [-0.1, -0.05) is 42.5 Å². The summed E-state index contributed by atoms with van der Waals surface area (Å²) < 4.78 is 45.1. The number of aldehydes is 1. The van der Waals surface area contributed by atoms with E-state index in [1.54, 1.807) is 30.3 Å². The van der Waals surface area contributed by atoms with Crippen molar-refractivity contribution in [3.05, 3.63) is 76.9 Å². The fourth-order valence-corrected chi connectivity index (χ4v) is 2.45. The van der Waals surface area contributed by atoms with Crippen molar-refractivity contribution in [2.75, 3.05) is 7.11 Å². The molecular formula is C19H15F3O3. The first-order valence-electron chi connectivity index (χ1n) is 7.36. The molecule has 0 saturated heterocycles. The highest BCUT2D eigenvalue weighted by Gasteiger charge is 2.36. The van der Waals surface area contributed by atoms with Crippen molar-refractivity contribution in [2.45, 2.75) is 12.6 Å². The minimum atomic E-state index is -4.66. The summed E-state index contributed by atoms with van der Waals surface area (Å²) >= 11 is 0. The minimum Gasteiger partial charge on any atom is -0.465 e. The Morgan fingerprint density at radius 3 is 1.96 bits per heavy atom. The molecule has 0 heterocycles. The third kappa shape index (κ3) is 4.35. The molecule has 0 amide bonds. The van der Waals surface area contributed by atoms with E-state index in [9.17, 15) is 22.8 Å². The molecule has 0 unspecified atom stereocenters. The first-order chi connectivity index (χ1) is 11.9. The van der Waals surface area contributed by atoms with Crippen LogP contribution in [-0.4, -0.2) is 25.5 Å². The maximum Gasteiger partial charge on any atom is 0.413 e. The van der Waals surface area contributed by atoms with E-state index in [4.69, 9.17) is 0 Å². The molecule has 0 radical (unpaired) electrons. The summed E-state index contributed by atoms with van der Waals surface area (Å²) in [5, 5.41) is 0. The normalized spacial score (nSPS) is 12.3. The maximum atomic E-state index is 13.5. The molecule has 2 aromatic carbocycles. The maximum absolute atomic E-state index is 13.5. The fraction of sp³-hybridized carbons (Fsp3) is 0.158. The second-order valence-electron chi connectivity index (χ2n) is 5.16. The van der Waals surface area contributed by atoms with Crippen LogP contribution in [0, 0.1) is 0 Å². The summed E-state index contributed by atoms with van der Waals surface area (Å²) in [5.74, 6) is -0.583. The smallest absolute Gasteiger partial charge is 0.413 e. The van der Waals surface area contributed by atoms with Crippen LogP contribution < -0.4 is 0 Å². The van der Waals surface area contributed by atoms with E-state index < -0.39 is 24.1 Å². The van der Waals surface area contributed by atoms with Gasteiger partial charge in [-0.2, -0.15) is 13.2 Å². The lowest BCUT2D eigenvalue weighted by molar-refractivity contribution is -0.113.